The molecule has 0 unspecified atom stereocenters. The highest BCUT2D eigenvalue weighted by Gasteiger charge is 2.25. The molecule has 2 aromatic rings. The average molecular weight is 335 g/mol. The fourth-order valence-corrected chi connectivity index (χ4v) is 3.86. The fraction of sp³-hybridized carbons (Fsp3) is 0.688. The Balaban J connectivity index is 1.91. The second kappa shape index (κ2) is 6.97. The molecule has 23 heavy (non-hydrogen) atoms. The van der Waals surface area contributed by atoms with E-state index in [9.17, 15) is 5.11 Å². The molecule has 1 N–H and O–H groups in total. The number of rotatable bonds is 5. The molecule has 2 aromatic heterocycles. The van der Waals surface area contributed by atoms with E-state index in [1.54, 1.807) is 11.3 Å². The molecule has 0 radical (unpaired) electrons. The molecule has 1 fully saturated rings. The molecule has 3 rings (SSSR count). The lowest BCUT2D eigenvalue weighted by Crippen LogP contribution is -2.36. The second-order valence-corrected chi connectivity index (χ2v) is 7.56. The zero-order valence-electron chi connectivity index (χ0n) is 14.1. The second-order valence-electron chi connectivity index (χ2n) is 6.71. The van der Waals surface area contributed by atoms with Gasteiger partial charge in [0.1, 0.15) is 0 Å². The smallest absolute Gasteiger partial charge is 0.227 e. The average Bonchev–Trinajstić information content (AvgIpc) is 3.13. The standard InChI is InChI=1S/C16H25N5OS/c1-11(2)8-21-15(14-12(3)17-10-23-14)18-19-16(21)20-6-4-13(9-22)5-7-20/h10-11,13,22H,4-9H2,1-3H3. The van der Waals surface area contributed by atoms with Crippen molar-refractivity contribution in [3.63, 3.8) is 0 Å². The predicted molar refractivity (Wildman–Crippen MR) is 92.7 cm³/mol. The van der Waals surface area contributed by atoms with E-state index in [1.807, 2.05) is 12.4 Å². The van der Waals surface area contributed by atoms with Crippen LogP contribution in [0.5, 0.6) is 0 Å². The van der Waals surface area contributed by atoms with Crippen LogP contribution in [0.2, 0.25) is 0 Å². The molecule has 0 bridgehead atoms. The summed E-state index contributed by atoms with van der Waals surface area (Å²) in [5, 5.41) is 18.3. The highest BCUT2D eigenvalue weighted by molar-refractivity contribution is 7.13. The minimum atomic E-state index is 0.290. The van der Waals surface area contributed by atoms with Crippen LogP contribution in [0.25, 0.3) is 10.7 Å². The Morgan fingerprint density at radius 3 is 2.61 bits per heavy atom. The number of piperidine rings is 1. The molecule has 0 aromatic carbocycles. The summed E-state index contributed by atoms with van der Waals surface area (Å²) < 4.78 is 2.24. The Bertz CT molecular complexity index is 643. The lowest BCUT2D eigenvalue weighted by Gasteiger charge is -2.32. The number of nitrogens with zero attached hydrogens (tertiary/aromatic N) is 5. The number of aliphatic hydroxyl groups is 1. The third-order valence-corrected chi connectivity index (χ3v) is 5.31. The van der Waals surface area contributed by atoms with E-state index in [0.29, 0.717) is 11.8 Å². The highest BCUT2D eigenvalue weighted by Crippen LogP contribution is 2.30. The van der Waals surface area contributed by atoms with Gasteiger partial charge in [-0.15, -0.1) is 21.5 Å². The van der Waals surface area contributed by atoms with E-state index in [-0.39, 0.29) is 6.61 Å². The summed E-state index contributed by atoms with van der Waals surface area (Å²) in [5.41, 5.74) is 2.88. The monoisotopic (exact) mass is 335 g/mol. The predicted octanol–water partition coefficient (Wildman–Crippen LogP) is 2.57. The zero-order chi connectivity index (χ0) is 16.4. The first-order valence-electron chi connectivity index (χ1n) is 8.29. The van der Waals surface area contributed by atoms with E-state index in [2.05, 4.69) is 38.5 Å². The van der Waals surface area contributed by atoms with Gasteiger partial charge in [0, 0.05) is 26.2 Å². The molecule has 0 aliphatic carbocycles. The summed E-state index contributed by atoms with van der Waals surface area (Å²) in [6.45, 7) is 9.50. The van der Waals surface area contributed by atoms with Gasteiger partial charge in [-0.1, -0.05) is 13.8 Å². The van der Waals surface area contributed by atoms with Crippen LogP contribution in [0.4, 0.5) is 5.95 Å². The number of hydrogen-bond donors (Lipinski definition) is 1. The first-order chi connectivity index (χ1) is 11.1. The van der Waals surface area contributed by atoms with Crippen molar-refractivity contribution in [3.8, 4) is 10.7 Å². The summed E-state index contributed by atoms with van der Waals surface area (Å²) in [4.78, 5) is 7.77. The van der Waals surface area contributed by atoms with Gasteiger partial charge in [0.25, 0.3) is 0 Å². The molecular formula is C16H25N5OS. The maximum Gasteiger partial charge on any atom is 0.227 e. The van der Waals surface area contributed by atoms with Gasteiger partial charge in [-0.3, -0.25) is 4.57 Å². The molecule has 0 atom stereocenters. The molecule has 0 amide bonds. The maximum atomic E-state index is 9.32. The Morgan fingerprint density at radius 1 is 1.30 bits per heavy atom. The fourth-order valence-electron chi connectivity index (χ4n) is 3.06. The summed E-state index contributed by atoms with van der Waals surface area (Å²) in [6.07, 6.45) is 2.03. The Labute approximate surface area is 141 Å². The third-order valence-electron chi connectivity index (χ3n) is 4.38. The van der Waals surface area contributed by atoms with Gasteiger partial charge in [-0.25, -0.2) is 4.98 Å². The number of anilines is 1. The van der Waals surface area contributed by atoms with Gasteiger partial charge < -0.3 is 10.0 Å². The van der Waals surface area contributed by atoms with Gasteiger partial charge in [0.2, 0.25) is 5.95 Å². The summed E-state index contributed by atoms with van der Waals surface area (Å²) in [6, 6.07) is 0. The van der Waals surface area contributed by atoms with E-state index in [0.717, 1.165) is 54.8 Å². The van der Waals surface area contributed by atoms with Gasteiger partial charge in [-0.2, -0.15) is 0 Å². The van der Waals surface area contributed by atoms with Crippen molar-refractivity contribution in [2.75, 3.05) is 24.6 Å². The molecule has 0 spiro atoms. The lowest BCUT2D eigenvalue weighted by atomic mass is 9.98. The van der Waals surface area contributed by atoms with Crippen LogP contribution >= 0.6 is 11.3 Å². The number of aliphatic hydroxyl groups excluding tert-OH is 1. The maximum absolute atomic E-state index is 9.32. The summed E-state index contributed by atoms with van der Waals surface area (Å²) in [7, 11) is 0. The molecule has 1 aliphatic rings. The van der Waals surface area contributed by atoms with E-state index in [4.69, 9.17) is 0 Å². The Morgan fingerprint density at radius 2 is 2.04 bits per heavy atom. The summed E-state index contributed by atoms with van der Waals surface area (Å²) >= 11 is 1.62. The first kappa shape index (κ1) is 16.4. The SMILES string of the molecule is Cc1ncsc1-c1nnc(N2CCC(CO)CC2)n1CC(C)C. The minimum Gasteiger partial charge on any atom is -0.396 e. The van der Waals surface area contributed by atoms with Crippen LogP contribution in [0.1, 0.15) is 32.4 Å². The summed E-state index contributed by atoms with van der Waals surface area (Å²) in [5.74, 6) is 2.83. The number of hydrogen-bond acceptors (Lipinski definition) is 6. The minimum absolute atomic E-state index is 0.290. The van der Waals surface area contributed by atoms with Gasteiger partial charge >= 0.3 is 0 Å². The van der Waals surface area contributed by atoms with Crippen molar-refractivity contribution in [2.45, 2.75) is 40.2 Å². The largest absolute Gasteiger partial charge is 0.396 e. The quantitative estimate of drug-likeness (QED) is 0.909. The molecule has 1 saturated heterocycles. The number of thiazole rings is 1. The third kappa shape index (κ3) is 3.40. The van der Waals surface area contributed by atoms with E-state index >= 15 is 0 Å². The van der Waals surface area contributed by atoms with Crippen molar-refractivity contribution in [1.29, 1.82) is 0 Å². The number of aryl methyl sites for hydroxylation is 1. The topological polar surface area (TPSA) is 67.1 Å². The number of aromatic nitrogens is 4. The van der Waals surface area contributed by atoms with Crippen molar-refractivity contribution >= 4 is 17.3 Å². The molecule has 126 valence electrons. The van der Waals surface area contributed by atoms with Crippen LogP contribution in [0.3, 0.4) is 0 Å². The van der Waals surface area contributed by atoms with Gasteiger partial charge in [0.05, 0.1) is 16.1 Å². The molecule has 6 nitrogen and oxygen atoms in total. The van der Waals surface area contributed by atoms with Crippen LogP contribution < -0.4 is 4.90 Å². The normalized spacial score (nSPS) is 16.5. The van der Waals surface area contributed by atoms with Gasteiger partial charge in [-0.05, 0) is 31.6 Å². The lowest BCUT2D eigenvalue weighted by molar-refractivity contribution is 0.202. The van der Waals surface area contributed by atoms with Crippen LogP contribution in [-0.2, 0) is 6.54 Å². The zero-order valence-corrected chi connectivity index (χ0v) is 14.9. The molecule has 1 aliphatic heterocycles. The highest BCUT2D eigenvalue weighted by atomic mass is 32.1. The van der Waals surface area contributed by atoms with Crippen molar-refractivity contribution < 1.29 is 5.11 Å². The van der Waals surface area contributed by atoms with Crippen LogP contribution in [0.15, 0.2) is 5.51 Å². The van der Waals surface area contributed by atoms with Crippen molar-refractivity contribution in [2.24, 2.45) is 11.8 Å². The van der Waals surface area contributed by atoms with Crippen LogP contribution in [0, 0.1) is 18.8 Å². The molecular weight excluding hydrogens is 310 g/mol. The molecule has 7 heteroatoms. The Kier molecular flexibility index (Phi) is 4.96. The molecule has 3 heterocycles. The van der Waals surface area contributed by atoms with Gasteiger partial charge in [0.15, 0.2) is 5.82 Å². The van der Waals surface area contributed by atoms with Crippen LogP contribution in [-0.4, -0.2) is 44.6 Å². The van der Waals surface area contributed by atoms with E-state index in [1.165, 1.54) is 0 Å². The van der Waals surface area contributed by atoms with Crippen molar-refractivity contribution in [1.82, 2.24) is 19.7 Å². The Hall–Kier alpha value is -1.47. The first-order valence-corrected chi connectivity index (χ1v) is 9.17. The molecule has 0 saturated carbocycles. The van der Waals surface area contributed by atoms with E-state index < -0.39 is 0 Å². The van der Waals surface area contributed by atoms with Crippen molar-refractivity contribution in [3.05, 3.63) is 11.2 Å².